The number of carbonyl (C=O) groups excluding carboxylic acids is 1. The summed E-state index contributed by atoms with van der Waals surface area (Å²) in [6, 6.07) is 17.0. The number of primary amides is 1. The van der Waals surface area contributed by atoms with Gasteiger partial charge in [-0.05, 0) is 54.3 Å². The average Bonchev–Trinajstić information content (AvgIpc) is 2.97. The summed E-state index contributed by atoms with van der Waals surface area (Å²) in [6.45, 7) is 3.81. The van der Waals surface area contributed by atoms with Gasteiger partial charge in [-0.25, -0.2) is 8.42 Å². The zero-order valence-electron chi connectivity index (χ0n) is 22.6. The highest BCUT2D eigenvalue weighted by atomic mass is 32.2. The van der Waals surface area contributed by atoms with Gasteiger partial charge in [-0.15, -0.1) is 0 Å². The summed E-state index contributed by atoms with van der Waals surface area (Å²) in [7, 11) is -4.53. The highest BCUT2D eigenvalue weighted by Gasteiger charge is 2.31. The predicted molar refractivity (Wildman–Crippen MR) is 152 cm³/mol. The third kappa shape index (κ3) is 5.73. The van der Waals surface area contributed by atoms with Crippen LogP contribution in [0.3, 0.4) is 0 Å². The number of nitrogens with zero attached hydrogens (tertiary/aromatic N) is 4. The minimum absolute atomic E-state index is 0.0292. The van der Waals surface area contributed by atoms with Crippen LogP contribution in [0.2, 0.25) is 0 Å². The van der Waals surface area contributed by atoms with Crippen LogP contribution >= 0.6 is 0 Å². The summed E-state index contributed by atoms with van der Waals surface area (Å²) in [6.07, 6.45) is 3.62. The first-order valence-electron chi connectivity index (χ1n) is 13.1. The maximum atomic E-state index is 14.0. The van der Waals surface area contributed by atoms with E-state index in [0.717, 1.165) is 6.42 Å². The van der Waals surface area contributed by atoms with Gasteiger partial charge in [0, 0.05) is 18.2 Å². The molecule has 10 nitrogen and oxygen atoms in total. The molecule has 0 saturated heterocycles. The third-order valence-corrected chi connectivity index (χ3v) is 8.55. The van der Waals surface area contributed by atoms with Crippen molar-refractivity contribution in [2.45, 2.75) is 55.4 Å². The SMILES string of the molecule is CCCCc1nc(O)c(S(=O)(=O)c2ccc(-c3cccnc3C(N)=O)cc2)c(=O)n1[C@@H](CC)c1cccc(C#N)c1. The van der Waals surface area contributed by atoms with Gasteiger partial charge in [-0.3, -0.25) is 19.1 Å². The number of aromatic nitrogens is 3. The van der Waals surface area contributed by atoms with E-state index >= 15 is 0 Å². The van der Waals surface area contributed by atoms with Crippen molar-refractivity contribution < 1.29 is 18.3 Å². The van der Waals surface area contributed by atoms with Crippen LogP contribution in [0.4, 0.5) is 0 Å². The lowest BCUT2D eigenvalue weighted by molar-refractivity contribution is 0.0996. The molecular weight excluding hydrogens is 542 g/mol. The van der Waals surface area contributed by atoms with E-state index in [1.807, 2.05) is 13.8 Å². The van der Waals surface area contributed by atoms with Gasteiger partial charge in [0.05, 0.1) is 22.6 Å². The number of amides is 1. The lowest BCUT2D eigenvalue weighted by Crippen LogP contribution is -2.33. The standard InChI is InChI=1S/C30H29N5O5S/c1-3-5-11-25-34-29(37)27(30(38)35(25)24(4-2)21-9-6-8-19(17-21)18-31)41(39,40)22-14-12-20(13-15-22)23-10-7-16-33-26(23)28(32)36/h6-10,12-17,24,37H,3-5,11H2,1-2H3,(H2,32,36)/t24-/m0/s1. The molecule has 0 aliphatic heterocycles. The Morgan fingerprint density at radius 2 is 1.85 bits per heavy atom. The van der Waals surface area contributed by atoms with Gasteiger partial charge in [0.1, 0.15) is 11.5 Å². The Bertz CT molecular complexity index is 1810. The number of pyridine rings is 1. The van der Waals surface area contributed by atoms with Crippen molar-refractivity contribution in [2.75, 3.05) is 0 Å². The number of unbranched alkanes of at least 4 members (excludes halogenated alkanes) is 1. The van der Waals surface area contributed by atoms with E-state index in [9.17, 15) is 28.4 Å². The second-order valence-corrected chi connectivity index (χ2v) is 11.3. The van der Waals surface area contributed by atoms with E-state index in [4.69, 9.17) is 5.73 Å². The Morgan fingerprint density at radius 3 is 2.49 bits per heavy atom. The molecule has 0 saturated carbocycles. The van der Waals surface area contributed by atoms with Gasteiger partial charge in [-0.2, -0.15) is 10.2 Å². The summed E-state index contributed by atoms with van der Waals surface area (Å²) >= 11 is 0. The van der Waals surface area contributed by atoms with E-state index in [0.29, 0.717) is 41.5 Å². The molecule has 0 unspecified atom stereocenters. The largest absolute Gasteiger partial charge is 0.492 e. The van der Waals surface area contributed by atoms with E-state index in [1.54, 1.807) is 36.4 Å². The van der Waals surface area contributed by atoms with Crippen molar-refractivity contribution in [3.05, 3.63) is 99.9 Å². The summed E-state index contributed by atoms with van der Waals surface area (Å²) in [5, 5.41) is 20.2. The van der Waals surface area contributed by atoms with Crippen LogP contribution in [-0.4, -0.2) is 34.0 Å². The lowest BCUT2D eigenvalue weighted by atomic mass is 10.0. The topological polar surface area (TPSA) is 169 Å². The number of aryl methyl sites for hydroxylation is 1. The fourth-order valence-corrected chi connectivity index (χ4v) is 6.11. The van der Waals surface area contributed by atoms with Crippen molar-refractivity contribution in [2.24, 2.45) is 5.73 Å². The Hall–Kier alpha value is -4.82. The fraction of sp³-hybridized carbons (Fsp3) is 0.233. The molecule has 3 N–H and O–H groups in total. The van der Waals surface area contributed by atoms with Crippen LogP contribution in [-0.2, 0) is 16.3 Å². The van der Waals surface area contributed by atoms with Gasteiger partial charge in [0.2, 0.25) is 15.7 Å². The van der Waals surface area contributed by atoms with Gasteiger partial charge >= 0.3 is 0 Å². The molecule has 2 aromatic heterocycles. The molecule has 0 radical (unpaired) electrons. The number of carbonyl (C=O) groups is 1. The second-order valence-electron chi connectivity index (χ2n) is 9.41. The van der Waals surface area contributed by atoms with Crippen LogP contribution in [0.1, 0.15) is 66.6 Å². The zero-order valence-corrected chi connectivity index (χ0v) is 23.4. The van der Waals surface area contributed by atoms with Crippen molar-refractivity contribution in [3.63, 3.8) is 0 Å². The van der Waals surface area contributed by atoms with Crippen LogP contribution in [0.5, 0.6) is 5.88 Å². The van der Waals surface area contributed by atoms with E-state index in [1.165, 1.54) is 35.0 Å². The summed E-state index contributed by atoms with van der Waals surface area (Å²) in [5.41, 5.74) is 6.51. The molecule has 2 aromatic carbocycles. The maximum absolute atomic E-state index is 14.0. The smallest absolute Gasteiger partial charge is 0.277 e. The van der Waals surface area contributed by atoms with Crippen LogP contribution < -0.4 is 11.3 Å². The molecular formula is C30H29N5O5S. The number of sulfone groups is 1. The first-order chi connectivity index (χ1) is 19.6. The summed E-state index contributed by atoms with van der Waals surface area (Å²) in [5.74, 6) is -1.35. The first kappa shape index (κ1) is 29.2. The third-order valence-electron chi connectivity index (χ3n) is 6.77. The molecule has 1 atom stereocenters. The Morgan fingerprint density at radius 1 is 1.12 bits per heavy atom. The molecule has 0 bridgehead atoms. The highest BCUT2D eigenvalue weighted by molar-refractivity contribution is 7.91. The molecule has 11 heteroatoms. The zero-order chi connectivity index (χ0) is 29.7. The minimum Gasteiger partial charge on any atom is -0.492 e. The summed E-state index contributed by atoms with van der Waals surface area (Å²) in [4.78, 5) is 32.9. The number of nitrogens with two attached hydrogens (primary N) is 1. The maximum Gasteiger partial charge on any atom is 0.277 e. The molecule has 0 spiro atoms. The molecule has 41 heavy (non-hydrogen) atoms. The molecule has 0 fully saturated rings. The summed E-state index contributed by atoms with van der Waals surface area (Å²) < 4.78 is 28.9. The number of rotatable bonds is 10. The van der Waals surface area contributed by atoms with Gasteiger partial charge in [0.15, 0.2) is 4.90 Å². The van der Waals surface area contributed by atoms with Crippen LogP contribution in [0.25, 0.3) is 11.1 Å². The normalized spacial score (nSPS) is 12.0. The average molecular weight is 572 g/mol. The van der Waals surface area contributed by atoms with Crippen molar-refractivity contribution in [1.29, 1.82) is 5.26 Å². The molecule has 4 aromatic rings. The molecule has 0 aliphatic carbocycles. The van der Waals surface area contributed by atoms with Crippen molar-refractivity contribution in [3.8, 4) is 23.1 Å². The van der Waals surface area contributed by atoms with Crippen molar-refractivity contribution in [1.82, 2.24) is 14.5 Å². The lowest BCUT2D eigenvalue weighted by Gasteiger charge is -2.23. The quantitative estimate of drug-likeness (QED) is 0.286. The Labute approximate surface area is 237 Å². The van der Waals surface area contributed by atoms with Crippen molar-refractivity contribution >= 4 is 15.7 Å². The molecule has 1 amide bonds. The fourth-order valence-electron chi connectivity index (χ4n) is 4.77. The number of benzene rings is 2. The van der Waals surface area contributed by atoms with Gasteiger partial charge in [0.25, 0.3) is 11.5 Å². The number of hydrogen-bond acceptors (Lipinski definition) is 8. The van der Waals surface area contributed by atoms with E-state index < -0.39 is 38.1 Å². The molecule has 4 rings (SSSR count). The number of nitriles is 1. The predicted octanol–water partition coefficient (Wildman–Crippen LogP) is 4.16. The van der Waals surface area contributed by atoms with E-state index in [-0.39, 0.29) is 16.4 Å². The van der Waals surface area contributed by atoms with Gasteiger partial charge < -0.3 is 10.8 Å². The van der Waals surface area contributed by atoms with Crippen LogP contribution in [0, 0.1) is 11.3 Å². The molecule has 210 valence electrons. The number of hydrogen-bond donors (Lipinski definition) is 2. The molecule has 0 aliphatic rings. The van der Waals surface area contributed by atoms with E-state index in [2.05, 4.69) is 16.0 Å². The van der Waals surface area contributed by atoms with Gasteiger partial charge in [-0.1, -0.05) is 50.6 Å². The monoisotopic (exact) mass is 571 g/mol. The second kappa shape index (κ2) is 12.1. The number of aromatic hydroxyl groups is 1. The minimum atomic E-state index is -4.53. The van der Waals surface area contributed by atoms with Crippen LogP contribution in [0.15, 0.2) is 81.4 Å². The Balaban J connectivity index is 1.87. The Kier molecular flexibility index (Phi) is 8.64. The molecule has 2 heterocycles. The highest BCUT2D eigenvalue weighted by Crippen LogP contribution is 2.30. The first-order valence-corrected chi connectivity index (χ1v) is 14.6.